The molecule has 2 atom stereocenters. The number of hydrogen-bond acceptors (Lipinski definition) is 7. The number of piperidine rings is 1. The van der Waals surface area contributed by atoms with Crippen LogP contribution in [0, 0.1) is 16.0 Å². The molecule has 0 radical (unpaired) electrons. The summed E-state index contributed by atoms with van der Waals surface area (Å²) in [6.07, 6.45) is 2.02. The number of hydrazone groups is 1. The van der Waals surface area contributed by atoms with E-state index < -0.39 is 4.92 Å². The Hall–Kier alpha value is -3.13. The van der Waals surface area contributed by atoms with Gasteiger partial charge in [0.25, 0.3) is 0 Å². The van der Waals surface area contributed by atoms with E-state index in [9.17, 15) is 10.1 Å². The van der Waals surface area contributed by atoms with Crippen molar-refractivity contribution in [2.45, 2.75) is 32.4 Å². The van der Waals surface area contributed by atoms with Crippen molar-refractivity contribution < 1.29 is 14.4 Å². The first kappa shape index (κ1) is 21.1. The molecule has 2 aromatic carbocycles. The van der Waals surface area contributed by atoms with Crippen molar-refractivity contribution in [3.05, 3.63) is 63.7 Å². The van der Waals surface area contributed by atoms with Crippen LogP contribution in [0.25, 0.3) is 0 Å². The Morgan fingerprint density at radius 1 is 1.29 bits per heavy atom. The maximum Gasteiger partial charge on any atom is 0.315 e. The Morgan fingerprint density at radius 2 is 2.10 bits per heavy atom. The lowest BCUT2D eigenvalue weighted by atomic mass is 9.86. The number of methoxy groups -OCH3 is 1. The fourth-order valence-corrected chi connectivity index (χ4v) is 4.39. The first-order valence-electron chi connectivity index (χ1n) is 10.7. The van der Waals surface area contributed by atoms with Gasteiger partial charge >= 0.3 is 5.69 Å². The number of nitro groups is 1. The Balaban J connectivity index is 1.62. The van der Waals surface area contributed by atoms with Crippen LogP contribution >= 0.6 is 0 Å². The lowest BCUT2D eigenvalue weighted by Gasteiger charge is -2.33. The van der Waals surface area contributed by atoms with Gasteiger partial charge in [-0.3, -0.25) is 10.1 Å². The normalized spacial score (nSPS) is 20.5. The minimum Gasteiger partial charge on any atom is -0.493 e. The van der Waals surface area contributed by atoms with Crippen molar-refractivity contribution in [2.24, 2.45) is 11.0 Å². The first-order valence-corrected chi connectivity index (χ1v) is 10.7. The number of fused-ring (bicyclic) bond motifs is 1. The zero-order valence-electron chi connectivity index (χ0n) is 17.9. The molecule has 1 saturated heterocycles. The van der Waals surface area contributed by atoms with E-state index >= 15 is 0 Å². The molecule has 8 nitrogen and oxygen atoms in total. The summed E-state index contributed by atoms with van der Waals surface area (Å²) in [5, 5.41) is 16.4. The van der Waals surface area contributed by atoms with Gasteiger partial charge in [-0.15, -0.1) is 0 Å². The summed E-state index contributed by atoms with van der Waals surface area (Å²) in [6, 6.07) is 12.9. The number of likely N-dealkylation sites (tertiary alicyclic amines) is 1. The monoisotopic (exact) mass is 424 g/mol. The van der Waals surface area contributed by atoms with Gasteiger partial charge in [0.1, 0.15) is 6.61 Å². The van der Waals surface area contributed by atoms with Crippen LogP contribution < -0.4 is 14.9 Å². The van der Waals surface area contributed by atoms with Crippen LogP contribution in [0.3, 0.4) is 0 Å². The van der Waals surface area contributed by atoms with Crippen LogP contribution in [-0.2, 0) is 6.61 Å². The SMILES string of the molecule is CCCN1CCC2=NNC(c3cc(OC)c(OCc4ccccc4)c([N+](=O)[O-])c3)C2C1. The molecule has 0 bridgehead atoms. The number of hydrogen-bond donors (Lipinski definition) is 1. The van der Waals surface area contributed by atoms with E-state index in [1.807, 2.05) is 36.4 Å². The molecule has 0 aromatic heterocycles. The lowest BCUT2D eigenvalue weighted by molar-refractivity contribution is -0.386. The van der Waals surface area contributed by atoms with E-state index in [4.69, 9.17) is 9.47 Å². The fourth-order valence-electron chi connectivity index (χ4n) is 4.39. The van der Waals surface area contributed by atoms with Crippen LogP contribution in [0.5, 0.6) is 11.5 Å². The van der Waals surface area contributed by atoms with Crippen LogP contribution in [0.2, 0.25) is 0 Å². The summed E-state index contributed by atoms with van der Waals surface area (Å²) in [7, 11) is 1.51. The topological polar surface area (TPSA) is 89.2 Å². The van der Waals surface area contributed by atoms with Gasteiger partial charge in [0.2, 0.25) is 5.75 Å². The lowest BCUT2D eigenvalue weighted by Crippen LogP contribution is -2.42. The smallest absolute Gasteiger partial charge is 0.315 e. The fraction of sp³-hybridized carbons (Fsp3) is 0.435. The summed E-state index contributed by atoms with van der Waals surface area (Å²) in [5.74, 6) is 0.702. The van der Waals surface area contributed by atoms with Crippen molar-refractivity contribution >= 4 is 11.4 Å². The molecule has 2 aromatic rings. The standard InChI is InChI=1S/C23H28N4O4/c1-3-10-26-11-9-19-18(14-26)22(25-24-19)17-12-20(27(28)29)23(21(13-17)30-2)31-15-16-7-5-4-6-8-16/h4-8,12-13,18,22,25H,3,9-11,14-15H2,1-2H3. The molecular formula is C23H28N4O4. The minimum atomic E-state index is -0.409. The molecule has 2 aliphatic heterocycles. The van der Waals surface area contributed by atoms with Gasteiger partial charge in [0.15, 0.2) is 5.75 Å². The number of nitrogens with zero attached hydrogens (tertiary/aromatic N) is 3. The highest BCUT2D eigenvalue weighted by Gasteiger charge is 2.38. The number of nitro benzene ring substituents is 1. The van der Waals surface area contributed by atoms with Gasteiger partial charge in [-0.1, -0.05) is 37.3 Å². The van der Waals surface area contributed by atoms with E-state index in [2.05, 4.69) is 22.4 Å². The average molecular weight is 425 g/mol. The largest absolute Gasteiger partial charge is 0.493 e. The molecule has 1 N–H and O–H groups in total. The number of nitrogens with one attached hydrogen (secondary N) is 1. The van der Waals surface area contributed by atoms with Gasteiger partial charge in [-0.2, -0.15) is 5.10 Å². The van der Waals surface area contributed by atoms with Gasteiger partial charge in [0, 0.05) is 37.2 Å². The molecule has 1 fully saturated rings. The minimum absolute atomic E-state index is 0.0956. The summed E-state index contributed by atoms with van der Waals surface area (Å²) in [6.45, 7) is 5.35. The molecule has 0 amide bonds. The number of rotatable bonds is 8. The second-order valence-electron chi connectivity index (χ2n) is 7.97. The number of benzene rings is 2. The third-order valence-corrected chi connectivity index (χ3v) is 5.92. The third kappa shape index (κ3) is 4.49. The predicted molar refractivity (Wildman–Crippen MR) is 119 cm³/mol. The van der Waals surface area contributed by atoms with Gasteiger partial charge < -0.3 is 19.8 Å². The summed E-state index contributed by atoms with van der Waals surface area (Å²) < 4.78 is 11.4. The van der Waals surface area contributed by atoms with Crippen molar-refractivity contribution in [2.75, 3.05) is 26.7 Å². The molecule has 164 valence electrons. The molecule has 0 saturated carbocycles. The summed E-state index contributed by atoms with van der Waals surface area (Å²) >= 11 is 0. The Morgan fingerprint density at radius 3 is 2.81 bits per heavy atom. The highest BCUT2D eigenvalue weighted by molar-refractivity contribution is 5.90. The van der Waals surface area contributed by atoms with Crippen molar-refractivity contribution in [3.8, 4) is 11.5 Å². The first-order chi connectivity index (χ1) is 15.1. The van der Waals surface area contributed by atoms with E-state index in [1.165, 1.54) is 7.11 Å². The third-order valence-electron chi connectivity index (χ3n) is 5.92. The van der Waals surface area contributed by atoms with Crippen molar-refractivity contribution in [1.29, 1.82) is 0 Å². The highest BCUT2D eigenvalue weighted by atomic mass is 16.6. The van der Waals surface area contributed by atoms with Gasteiger partial charge in [0.05, 0.1) is 18.1 Å². The molecule has 0 aliphatic carbocycles. The summed E-state index contributed by atoms with van der Waals surface area (Å²) in [5.41, 5.74) is 5.98. The zero-order chi connectivity index (χ0) is 21.8. The zero-order valence-corrected chi connectivity index (χ0v) is 17.9. The molecular weight excluding hydrogens is 396 g/mol. The molecule has 2 aliphatic rings. The van der Waals surface area contributed by atoms with E-state index in [-0.39, 0.29) is 30.0 Å². The molecule has 8 heteroatoms. The molecule has 0 spiro atoms. The highest BCUT2D eigenvalue weighted by Crippen LogP contribution is 2.43. The Labute approximate surface area is 182 Å². The molecule has 4 rings (SSSR count). The molecule has 31 heavy (non-hydrogen) atoms. The van der Waals surface area contributed by atoms with E-state index in [1.54, 1.807) is 6.07 Å². The maximum absolute atomic E-state index is 11.9. The summed E-state index contributed by atoms with van der Waals surface area (Å²) in [4.78, 5) is 13.9. The van der Waals surface area contributed by atoms with Gasteiger partial charge in [-0.25, -0.2) is 0 Å². The van der Waals surface area contributed by atoms with Crippen LogP contribution in [0.4, 0.5) is 5.69 Å². The molecule has 2 unspecified atom stereocenters. The van der Waals surface area contributed by atoms with Crippen LogP contribution in [-0.4, -0.2) is 42.3 Å². The second-order valence-corrected chi connectivity index (χ2v) is 7.97. The van der Waals surface area contributed by atoms with Crippen molar-refractivity contribution in [3.63, 3.8) is 0 Å². The number of ether oxygens (including phenoxy) is 2. The van der Waals surface area contributed by atoms with Gasteiger partial charge in [-0.05, 0) is 30.2 Å². The van der Waals surface area contributed by atoms with E-state index in [0.29, 0.717) is 5.75 Å². The maximum atomic E-state index is 11.9. The van der Waals surface area contributed by atoms with E-state index in [0.717, 1.165) is 49.3 Å². The van der Waals surface area contributed by atoms with Crippen LogP contribution in [0.1, 0.15) is 36.9 Å². The van der Waals surface area contributed by atoms with Crippen molar-refractivity contribution in [1.82, 2.24) is 10.3 Å². The second kappa shape index (κ2) is 9.34. The quantitative estimate of drug-likeness (QED) is 0.510. The molecule has 2 heterocycles. The average Bonchev–Trinajstić information content (AvgIpc) is 3.21. The predicted octanol–water partition coefficient (Wildman–Crippen LogP) is 3.91. The van der Waals surface area contributed by atoms with Crippen LogP contribution in [0.15, 0.2) is 47.6 Å². The Bertz CT molecular complexity index is 964. The Kier molecular flexibility index (Phi) is 6.36.